The van der Waals surface area contributed by atoms with E-state index in [1.165, 1.54) is 4.88 Å². The molecule has 5 heteroatoms. The Morgan fingerprint density at radius 2 is 2.40 bits per heavy atom. The fourth-order valence-corrected chi connectivity index (χ4v) is 2.57. The predicted molar refractivity (Wildman–Crippen MR) is 62.6 cm³/mol. The van der Waals surface area contributed by atoms with E-state index in [4.69, 9.17) is 10.6 Å². The zero-order chi connectivity index (χ0) is 11.3. The maximum Gasteiger partial charge on any atom is 0.0798 e. The number of methoxy groups -OCH3 is 1. The molecule has 1 aromatic rings. The lowest BCUT2D eigenvalue weighted by Gasteiger charge is -2.22. The molecular weight excluding hydrogens is 210 g/mol. The highest BCUT2D eigenvalue weighted by atomic mass is 32.1. The Bertz CT molecular complexity index is 290. The van der Waals surface area contributed by atoms with Gasteiger partial charge in [-0.3, -0.25) is 11.3 Å². The number of aromatic nitrogens is 1. The van der Waals surface area contributed by atoms with Crippen molar-refractivity contribution in [2.75, 3.05) is 13.7 Å². The third-order valence-corrected chi connectivity index (χ3v) is 3.61. The molecule has 2 atom stereocenters. The van der Waals surface area contributed by atoms with Crippen molar-refractivity contribution in [3.63, 3.8) is 0 Å². The molecule has 0 saturated carbocycles. The Hall–Kier alpha value is -0.490. The van der Waals surface area contributed by atoms with Crippen molar-refractivity contribution < 1.29 is 4.74 Å². The molecular formula is C10H19N3OS. The average molecular weight is 229 g/mol. The van der Waals surface area contributed by atoms with E-state index in [0.29, 0.717) is 5.92 Å². The second-order valence-electron chi connectivity index (χ2n) is 3.71. The summed E-state index contributed by atoms with van der Waals surface area (Å²) in [6.45, 7) is 4.94. The molecule has 86 valence electrons. The van der Waals surface area contributed by atoms with Crippen molar-refractivity contribution in [2.45, 2.75) is 26.3 Å². The lowest BCUT2D eigenvalue weighted by Crippen LogP contribution is -2.32. The standard InChI is InChI=1S/C10H19N3OS/c1-7(4-5-14-3)9(13-11)10-8(2)12-6-15-10/h6-7,9,13H,4-5,11H2,1-3H3. The number of hydrogen-bond donors (Lipinski definition) is 2. The highest BCUT2D eigenvalue weighted by molar-refractivity contribution is 7.09. The molecule has 1 rings (SSSR count). The van der Waals surface area contributed by atoms with Crippen LogP contribution in [0.3, 0.4) is 0 Å². The van der Waals surface area contributed by atoms with E-state index in [0.717, 1.165) is 18.7 Å². The summed E-state index contributed by atoms with van der Waals surface area (Å²) in [6, 6.07) is 0.174. The van der Waals surface area contributed by atoms with Gasteiger partial charge in [-0.1, -0.05) is 6.92 Å². The van der Waals surface area contributed by atoms with Crippen molar-refractivity contribution >= 4 is 11.3 Å². The smallest absolute Gasteiger partial charge is 0.0798 e. The van der Waals surface area contributed by atoms with Crippen molar-refractivity contribution in [1.82, 2.24) is 10.4 Å². The normalized spacial score (nSPS) is 15.2. The van der Waals surface area contributed by atoms with Gasteiger partial charge in [-0.15, -0.1) is 11.3 Å². The van der Waals surface area contributed by atoms with E-state index in [2.05, 4.69) is 17.3 Å². The first kappa shape index (κ1) is 12.6. The Labute approximate surface area is 94.8 Å². The van der Waals surface area contributed by atoms with Crippen molar-refractivity contribution in [3.05, 3.63) is 16.1 Å². The largest absolute Gasteiger partial charge is 0.385 e. The minimum atomic E-state index is 0.174. The summed E-state index contributed by atoms with van der Waals surface area (Å²) in [6.07, 6.45) is 0.989. The van der Waals surface area contributed by atoms with Gasteiger partial charge in [0.15, 0.2) is 0 Å². The number of aryl methyl sites for hydroxylation is 1. The first-order chi connectivity index (χ1) is 7.20. The lowest BCUT2D eigenvalue weighted by molar-refractivity contribution is 0.170. The number of nitrogens with two attached hydrogens (primary N) is 1. The van der Waals surface area contributed by atoms with Crippen molar-refractivity contribution in [2.24, 2.45) is 11.8 Å². The van der Waals surface area contributed by atoms with E-state index in [1.807, 2.05) is 12.4 Å². The minimum Gasteiger partial charge on any atom is -0.385 e. The number of hydrogen-bond acceptors (Lipinski definition) is 5. The number of nitrogens with one attached hydrogen (secondary N) is 1. The van der Waals surface area contributed by atoms with Gasteiger partial charge < -0.3 is 4.74 Å². The fraction of sp³-hybridized carbons (Fsp3) is 0.700. The van der Waals surface area contributed by atoms with Crippen LogP contribution in [0, 0.1) is 12.8 Å². The van der Waals surface area contributed by atoms with Crippen LogP contribution in [-0.2, 0) is 4.74 Å². The Morgan fingerprint density at radius 1 is 1.67 bits per heavy atom. The summed E-state index contributed by atoms with van der Waals surface area (Å²) >= 11 is 1.65. The predicted octanol–water partition coefficient (Wildman–Crippen LogP) is 1.63. The van der Waals surface area contributed by atoms with E-state index in [9.17, 15) is 0 Å². The van der Waals surface area contributed by atoms with Gasteiger partial charge >= 0.3 is 0 Å². The topological polar surface area (TPSA) is 60.2 Å². The molecule has 0 aliphatic rings. The van der Waals surface area contributed by atoms with Crippen LogP contribution in [0.15, 0.2) is 5.51 Å². The van der Waals surface area contributed by atoms with Crippen LogP contribution in [0.1, 0.15) is 30.0 Å². The second kappa shape index (κ2) is 6.17. The van der Waals surface area contributed by atoms with Gasteiger partial charge in [-0.25, -0.2) is 4.98 Å². The van der Waals surface area contributed by atoms with Crippen molar-refractivity contribution in [1.29, 1.82) is 0 Å². The molecule has 0 aliphatic heterocycles. The SMILES string of the molecule is COCCC(C)C(NN)c1scnc1C. The van der Waals surface area contributed by atoms with E-state index >= 15 is 0 Å². The molecule has 1 heterocycles. The van der Waals surface area contributed by atoms with Gasteiger partial charge in [0.1, 0.15) is 0 Å². The highest BCUT2D eigenvalue weighted by Gasteiger charge is 2.21. The molecule has 0 radical (unpaired) electrons. The summed E-state index contributed by atoms with van der Waals surface area (Å²) in [5.74, 6) is 6.03. The van der Waals surface area contributed by atoms with Gasteiger partial charge in [-0.05, 0) is 19.3 Å². The average Bonchev–Trinajstić information content (AvgIpc) is 2.63. The van der Waals surface area contributed by atoms with Crippen LogP contribution in [-0.4, -0.2) is 18.7 Å². The summed E-state index contributed by atoms with van der Waals surface area (Å²) in [5.41, 5.74) is 5.79. The zero-order valence-electron chi connectivity index (χ0n) is 9.49. The first-order valence-electron chi connectivity index (χ1n) is 5.05. The molecule has 4 nitrogen and oxygen atoms in total. The molecule has 0 amide bonds. The number of rotatable bonds is 6. The minimum absolute atomic E-state index is 0.174. The first-order valence-corrected chi connectivity index (χ1v) is 5.93. The van der Waals surface area contributed by atoms with Gasteiger partial charge in [-0.2, -0.15) is 0 Å². The van der Waals surface area contributed by atoms with E-state index < -0.39 is 0 Å². The molecule has 0 bridgehead atoms. The van der Waals surface area contributed by atoms with Crippen LogP contribution in [0.5, 0.6) is 0 Å². The molecule has 0 spiro atoms. The molecule has 3 N–H and O–H groups in total. The van der Waals surface area contributed by atoms with Gasteiger partial charge in [0.25, 0.3) is 0 Å². The fourth-order valence-electron chi connectivity index (χ4n) is 1.58. The Balaban J connectivity index is 2.67. The molecule has 0 aliphatic carbocycles. The zero-order valence-corrected chi connectivity index (χ0v) is 10.3. The lowest BCUT2D eigenvalue weighted by atomic mass is 9.97. The van der Waals surface area contributed by atoms with Crippen LogP contribution >= 0.6 is 11.3 Å². The summed E-state index contributed by atoms with van der Waals surface area (Å²) in [7, 11) is 1.72. The van der Waals surface area contributed by atoms with Crippen LogP contribution in [0.2, 0.25) is 0 Å². The molecule has 2 unspecified atom stereocenters. The summed E-state index contributed by atoms with van der Waals surface area (Å²) in [4.78, 5) is 5.46. The van der Waals surface area contributed by atoms with Crippen LogP contribution < -0.4 is 11.3 Å². The van der Waals surface area contributed by atoms with Crippen LogP contribution in [0.25, 0.3) is 0 Å². The maximum absolute atomic E-state index is 5.59. The second-order valence-corrected chi connectivity index (χ2v) is 4.59. The number of thiazole rings is 1. The summed E-state index contributed by atoms with van der Waals surface area (Å²) < 4.78 is 5.07. The third-order valence-electron chi connectivity index (χ3n) is 2.59. The quantitative estimate of drug-likeness (QED) is 0.575. The van der Waals surface area contributed by atoms with Gasteiger partial charge in [0.2, 0.25) is 0 Å². The Kier molecular flexibility index (Phi) is 5.17. The van der Waals surface area contributed by atoms with E-state index in [-0.39, 0.29) is 6.04 Å². The highest BCUT2D eigenvalue weighted by Crippen LogP contribution is 2.28. The molecule has 0 aromatic carbocycles. The number of ether oxygens (including phenoxy) is 1. The molecule has 0 saturated heterocycles. The molecule has 15 heavy (non-hydrogen) atoms. The van der Waals surface area contributed by atoms with E-state index in [1.54, 1.807) is 18.4 Å². The summed E-state index contributed by atoms with van der Waals surface area (Å²) in [5, 5.41) is 0. The maximum atomic E-state index is 5.59. The Morgan fingerprint density at radius 3 is 2.87 bits per heavy atom. The van der Waals surface area contributed by atoms with Gasteiger partial charge in [0, 0.05) is 18.6 Å². The van der Waals surface area contributed by atoms with Crippen LogP contribution in [0.4, 0.5) is 0 Å². The third kappa shape index (κ3) is 3.24. The van der Waals surface area contributed by atoms with Crippen molar-refractivity contribution in [3.8, 4) is 0 Å². The number of hydrazine groups is 1. The van der Waals surface area contributed by atoms with Gasteiger partial charge in [0.05, 0.1) is 17.2 Å². The monoisotopic (exact) mass is 229 g/mol. The number of nitrogens with zero attached hydrogens (tertiary/aromatic N) is 1. The molecule has 1 aromatic heterocycles. The molecule has 0 fully saturated rings.